The van der Waals surface area contributed by atoms with Gasteiger partial charge in [0, 0.05) is 62.6 Å². The van der Waals surface area contributed by atoms with Crippen molar-refractivity contribution in [3.63, 3.8) is 0 Å². The third-order valence-electron chi connectivity index (χ3n) is 5.97. The first kappa shape index (κ1) is 21.1. The molecule has 1 aliphatic rings. The maximum atomic E-state index is 13.0. The normalized spacial score (nSPS) is 14.6. The monoisotopic (exact) mass is 423 g/mol. The van der Waals surface area contributed by atoms with Gasteiger partial charge in [0.1, 0.15) is 0 Å². The van der Waals surface area contributed by atoms with E-state index >= 15 is 0 Å². The number of hydrogen-bond acceptors (Lipinski definition) is 5. The molecule has 1 saturated heterocycles. The molecule has 0 unspecified atom stereocenters. The predicted octanol–water partition coefficient (Wildman–Crippen LogP) is 3.16. The van der Waals surface area contributed by atoms with Crippen LogP contribution in [0.1, 0.15) is 15.9 Å². The average molecular weight is 424 g/mol. The fraction of sp³-hybridized carbons (Fsp3) is 0.375. The number of methoxy groups -OCH3 is 3. The third kappa shape index (κ3) is 4.05. The highest BCUT2D eigenvalue weighted by atomic mass is 16.5. The number of aryl methyl sites for hydroxylation is 1. The molecule has 0 radical (unpaired) electrons. The number of fused-ring (bicyclic) bond motifs is 1. The fourth-order valence-electron chi connectivity index (χ4n) is 4.22. The van der Waals surface area contributed by atoms with Gasteiger partial charge in [-0.25, -0.2) is 0 Å². The summed E-state index contributed by atoms with van der Waals surface area (Å²) in [5.74, 6) is 2.03. The van der Waals surface area contributed by atoms with Gasteiger partial charge in [-0.15, -0.1) is 0 Å². The standard InChI is InChI=1S/C24H29N3O4/c1-25-10-9-17-5-6-18(15-20(17)25)24(28)27-13-11-26(12-14-27)16-19-7-8-21(29-2)23(31-4)22(19)30-3/h5-10,15H,11-14,16H2,1-4H3. The molecule has 0 spiro atoms. The van der Waals surface area contributed by atoms with Crippen molar-refractivity contribution < 1.29 is 19.0 Å². The van der Waals surface area contributed by atoms with Crippen molar-refractivity contribution in [3.8, 4) is 17.2 Å². The number of rotatable bonds is 6. The van der Waals surface area contributed by atoms with Gasteiger partial charge in [-0.2, -0.15) is 0 Å². The zero-order valence-corrected chi connectivity index (χ0v) is 18.6. The Morgan fingerprint density at radius 3 is 2.32 bits per heavy atom. The highest BCUT2D eigenvalue weighted by Gasteiger charge is 2.24. The molecule has 164 valence electrons. The minimum Gasteiger partial charge on any atom is -0.493 e. The molecule has 1 aromatic heterocycles. The van der Waals surface area contributed by atoms with Crippen molar-refractivity contribution >= 4 is 16.8 Å². The topological polar surface area (TPSA) is 56.2 Å². The van der Waals surface area contributed by atoms with Crippen LogP contribution in [0.5, 0.6) is 17.2 Å². The van der Waals surface area contributed by atoms with E-state index in [0.717, 1.165) is 41.7 Å². The highest BCUT2D eigenvalue weighted by Crippen LogP contribution is 2.40. The van der Waals surface area contributed by atoms with Gasteiger partial charge in [0.15, 0.2) is 11.5 Å². The molecule has 4 rings (SSSR count). The first-order valence-corrected chi connectivity index (χ1v) is 10.4. The minimum atomic E-state index is 0.0893. The first-order chi connectivity index (χ1) is 15.0. The molecule has 1 amide bonds. The van der Waals surface area contributed by atoms with Crippen LogP contribution in [0.15, 0.2) is 42.6 Å². The zero-order chi connectivity index (χ0) is 22.0. The molecule has 0 aliphatic carbocycles. The Bertz CT molecular complexity index is 1080. The summed E-state index contributed by atoms with van der Waals surface area (Å²) in [4.78, 5) is 17.3. The summed E-state index contributed by atoms with van der Waals surface area (Å²) in [6.07, 6.45) is 2.01. The number of carbonyl (C=O) groups is 1. The van der Waals surface area contributed by atoms with E-state index in [1.165, 1.54) is 0 Å². The van der Waals surface area contributed by atoms with Gasteiger partial charge in [0.2, 0.25) is 5.75 Å². The number of nitrogens with zero attached hydrogens (tertiary/aromatic N) is 3. The number of ether oxygens (including phenoxy) is 3. The Morgan fingerprint density at radius 2 is 1.65 bits per heavy atom. The van der Waals surface area contributed by atoms with E-state index in [-0.39, 0.29) is 5.91 Å². The number of carbonyl (C=O) groups excluding carboxylic acids is 1. The zero-order valence-electron chi connectivity index (χ0n) is 18.6. The molecule has 0 atom stereocenters. The van der Waals surface area contributed by atoms with Crippen molar-refractivity contribution in [1.82, 2.24) is 14.4 Å². The summed E-state index contributed by atoms with van der Waals surface area (Å²) >= 11 is 0. The molecule has 0 saturated carbocycles. The lowest BCUT2D eigenvalue weighted by atomic mass is 10.1. The van der Waals surface area contributed by atoms with Gasteiger partial charge in [0.25, 0.3) is 5.91 Å². The Labute approximate surface area is 182 Å². The summed E-state index contributed by atoms with van der Waals surface area (Å²) in [5, 5.41) is 1.15. The first-order valence-electron chi connectivity index (χ1n) is 10.4. The Morgan fingerprint density at radius 1 is 0.903 bits per heavy atom. The summed E-state index contributed by atoms with van der Waals surface area (Å²) in [6.45, 7) is 3.71. The molecule has 2 aromatic carbocycles. The van der Waals surface area contributed by atoms with Crippen LogP contribution in [-0.2, 0) is 13.6 Å². The van der Waals surface area contributed by atoms with Crippen LogP contribution in [0.3, 0.4) is 0 Å². The molecule has 1 fully saturated rings. The SMILES string of the molecule is COc1ccc(CN2CCN(C(=O)c3ccc4ccn(C)c4c3)CC2)c(OC)c1OC. The van der Waals surface area contributed by atoms with Crippen molar-refractivity contribution in [2.45, 2.75) is 6.54 Å². The maximum absolute atomic E-state index is 13.0. The predicted molar refractivity (Wildman–Crippen MR) is 120 cm³/mol. The van der Waals surface area contributed by atoms with Crippen molar-refractivity contribution in [3.05, 3.63) is 53.7 Å². The van der Waals surface area contributed by atoms with Crippen molar-refractivity contribution in [2.24, 2.45) is 7.05 Å². The van der Waals surface area contributed by atoms with Crippen LogP contribution < -0.4 is 14.2 Å². The van der Waals surface area contributed by atoms with Crippen molar-refractivity contribution in [1.29, 1.82) is 0 Å². The second kappa shape index (κ2) is 8.89. The van der Waals surface area contributed by atoms with E-state index in [0.29, 0.717) is 30.3 Å². The Kier molecular flexibility index (Phi) is 6.04. The lowest BCUT2D eigenvalue weighted by Gasteiger charge is -2.35. The maximum Gasteiger partial charge on any atom is 0.254 e. The molecule has 0 N–H and O–H groups in total. The Balaban J connectivity index is 1.43. The van der Waals surface area contributed by atoms with Gasteiger partial charge in [0.05, 0.1) is 21.3 Å². The van der Waals surface area contributed by atoms with Gasteiger partial charge in [-0.3, -0.25) is 9.69 Å². The summed E-state index contributed by atoms with van der Waals surface area (Å²) in [7, 11) is 6.86. The molecule has 2 heterocycles. The van der Waals surface area contributed by atoms with Gasteiger partial charge < -0.3 is 23.7 Å². The van der Waals surface area contributed by atoms with Crippen LogP contribution in [0, 0.1) is 0 Å². The third-order valence-corrected chi connectivity index (χ3v) is 5.97. The van der Waals surface area contributed by atoms with Crippen LogP contribution in [0.4, 0.5) is 0 Å². The molecular formula is C24H29N3O4. The van der Waals surface area contributed by atoms with E-state index < -0.39 is 0 Å². The Hall–Kier alpha value is -3.19. The minimum absolute atomic E-state index is 0.0893. The molecule has 0 bridgehead atoms. The van der Waals surface area contributed by atoms with E-state index in [4.69, 9.17) is 14.2 Å². The van der Waals surface area contributed by atoms with E-state index in [1.54, 1.807) is 21.3 Å². The number of hydrogen-bond donors (Lipinski definition) is 0. The smallest absolute Gasteiger partial charge is 0.254 e. The molecule has 1 aliphatic heterocycles. The largest absolute Gasteiger partial charge is 0.493 e. The van der Waals surface area contributed by atoms with Crippen molar-refractivity contribution in [2.75, 3.05) is 47.5 Å². The fourth-order valence-corrected chi connectivity index (χ4v) is 4.22. The molecule has 7 nitrogen and oxygen atoms in total. The van der Waals surface area contributed by atoms with Crippen LogP contribution in [0.25, 0.3) is 10.9 Å². The summed E-state index contributed by atoms with van der Waals surface area (Å²) < 4.78 is 18.5. The molecule has 3 aromatic rings. The van der Waals surface area contributed by atoms with Gasteiger partial charge >= 0.3 is 0 Å². The second-order valence-electron chi connectivity index (χ2n) is 7.76. The summed E-state index contributed by atoms with van der Waals surface area (Å²) in [5.41, 5.74) is 2.85. The highest BCUT2D eigenvalue weighted by molar-refractivity contribution is 5.98. The molecule has 31 heavy (non-hydrogen) atoms. The molecule has 7 heteroatoms. The number of amides is 1. The number of piperazine rings is 1. The quantitative estimate of drug-likeness (QED) is 0.610. The van der Waals surface area contributed by atoms with E-state index in [2.05, 4.69) is 11.0 Å². The van der Waals surface area contributed by atoms with Gasteiger partial charge in [-0.1, -0.05) is 12.1 Å². The van der Waals surface area contributed by atoms with E-state index in [9.17, 15) is 4.79 Å². The molecular weight excluding hydrogens is 394 g/mol. The lowest BCUT2D eigenvalue weighted by molar-refractivity contribution is 0.0627. The van der Waals surface area contributed by atoms with E-state index in [1.807, 2.05) is 53.0 Å². The number of aromatic nitrogens is 1. The van der Waals surface area contributed by atoms with Crippen LogP contribution in [0.2, 0.25) is 0 Å². The average Bonchev–Trinajstić information content (AvgIpc) is 3.18. The summed E-state index contributed by atoms with van der Waals surface area (Å²) in [6, 6.07) is 11.9. The van der Waals surface area contributed by atoms with Gasteiger partial charge in [-0.05, 0) is 29.7 Å². The second-order valence-corrected chi connectivity index (χ2v) is 7.76. The lowest BCUT2D eigenvalue weighted by Crippen LogP contribution is -2.48. The van der Waals surface area contributed by atoms with Crippen LogP contribution in [-0.4, -0.2) is 67.8 Å². The van der Waals surface area contributed by atoms with Crippen LogP contribution >= 0.6 is 0 Å². The number of benzene rings is 2.